The highest BCUT2D eigenvalue weighted by atomic mass is 32.2. The summed E-state index contributed by atoms with van der Waals surface area (Å²) >= 11 is 0. The average molecular weight is 393 g/mol. The van der Waals surface area contributed by atoms with E-state index < -0.39 is 10.1 Å². The molecule has 1 aliphatic carbocycles. The lowest BCUT2D eigenvalue weighted by molar-refractivity contribution is 0.122. The van der Waals surface area contributed by atoms with Crippen molar-refractivity contribution in [1.29, 1.82) is 0 Å². The van der Waals surface area contributed by atoms with Crippen LogP contribution in [0.4, 0.5) is 0 Å². The van der Waals surface area contributed by atoms with Crippen molar-refractivity contribution in [3.8, 4) is 5.75 Å². The Kier molecular flexibility index (Phi) is 7.83. The molecule has 27 heavy (non-hydrogen) atoms. The Hall–Kier alpha value is -1.89. The fourth-order valence-corrected chi connectivity index (χ4v) is 3.98. The zero-order valence-corrected chi connectivity index (χ0v) is 16.7. The molecular weight excluding hydrogens is 364 g/mol. The Morgan fingerprint density at radius 3 is 2.07 bits per heavy atom. The molecule has 1 aliphatic rings. The third kappa shape index (κ3) is 6.65. The topological polar surface area (TPSA) is 83.8 Å². The first-order valence-corrected chi connectivity index (χ1v) is 10.7. The molecule has 0 unspecified atom stereocenters. The van der Waals surface area contributed by atoms with E-state index in [9.17, 15) is 13.5 Å². The summed E-state index contributed by atoms with van der Waals surface area (Å²) in [6, 6.07) is 14.7. The molecule has 0 radical (unpaired) electrons. The molecule has 0 atom stereocenters. The van der Waals surface area contributed by atoms with E-state index in [1.807, 2.05) is 19.1 Å². The van der Waals surface area contributed by atoms with Gasteiger partial charge in [0.15, 0.2) is 0 Å². The van der Waals surface area contributed by atoms with E-state index in [1.165, 1.54) is 11.6 Å². The van der Waals surface area contributed by atoms with E-state index in [1.54, 1.807) is 25.1 Å². The van der Waals surface area contributed by atoms with Crippen molar-refractivity contribution in [1.82, 2.24) is 0 Å². The fourth-order valence-electron chi connectivity index (χ4n) is 3.26. The molecule has 0 bridgehead atoms. The molecule has 5 nitrogen and oxygen atoms in total. The molecule has 0 spiro atoms. The maximum atomic E-state index is 10.6. The van der Waals surface area contributed by atoms with Gasteiger partial charge < -0.3 is 9.84 Å². The number of aliphatic hydroxyl groups excluding tert-OH is 1. The Bertz CT molecular complexity index is 807. The van der Waals surface area contributed by atoms with E-state index in [0.29, 0.717) is 11.5 Å². The molecule has 2 aromatic rings. The number of rotatable bonds is 4. The van der Waals surface area contributed by atoms with Gasteiger partial charge in [0.1, 0.15) is 5.75 Å². The minimum Gasteiger partial charge on any atom is -0.494 e. The van der Waals surface area contributed by atoms with Crippen LogP contribution in [-0.2, 0) is 10.1 Å². The van der Waals surface area contributed by atoms with Crippen LogP contribution >= 0.6 is 0 Å². The van der Waals surface area contributed by atoms with Gasteiger partial charge in [-0.05, 0) is 74.8 Å². The van der Waals surface area contributed by atoms with Crippen LogP contribution in [0.3, 0.4) is 0 Å². The van der Waals surface area contributed by atoms with Crippen LogP contribution in [0, 0.1) is 6.92 Å². The molecule has 0 amide bonds. The number of hydrogen-bond donors (Lipinski definition) is 2. The normalized spacial score (nSPS) is 19.7. The highest BCUT2D eigenvalue weighted by Gasteiger charge is 2.20. The first kappa shape index (κ1) is 21.4. The van der Waals surface area contributed by atoms with Gasteiger partial charge in [0.05, 0.1) is 17.6 Å². The zero-order valence-electron chi connectivity index (χ0n) is 15.8. The summed E-state index contributed by atoms with van der Waals surface area (Å²) in [5.74, 6) is 1.57. The molecule has 6 heteroatoms. The van der Waals surface area contributed by atoms with Crippen molar-refractivity contribution in [2.24, 2.45) is 0 Å². The summed E-state index contributed by atoms with van der Waals surface area (Å²) in [7, 11) is -4.03. The molecule has 3 rings (SSSR count). The maximum Gasteiger partial charge on any atom is 0.294 e. The summed E-state index contributed by atoms with van der Waals surface area (Å²) in [5, 5.41) is 9.47. The number of ether oxygens (including phenoxy) is 1. The Morgan fingerprint density at radius 1 is 1.00 bits per heavy atom. The Labute approximate surface area is 161 Å². The van der Waals surface area contributed by atoms with Crippen molar-refractivity contribution in [3.63, 3.8) is 0 Å². The highest BCUT2D eigenvalue weighted by molar-refractivity contribution is 7.85. The molecule has 1 fully saturated rings. The quantitative estimate of drug-likeness (QED) is 0.756. The first-order valence-electron chi connectivity index (χ1n) is 9.25. The van der Waals surface area contributed by atoms with Crippen molar-refractivity contribution in [2.45, 2.75) is 56.4 Å². The molecule has 0 heterocycles. The lowest BCUT2D eigenvalue weighted by Crippen LogP contribution is -2.16. The van der Waals surface area contributed by atoms with Crippen LogP contribution in [-0.4, -0.2) is 30.8 Å². The van der Waals surface area contributed by atoms with Crippen LogP contribution in [0.25, 0.3) is 0 Å². The summed E-state index contributed by atoms with van der Waals surface area (Å²) in [4.78, 5) is -0.0278. The second-order valence-corrected chi connectivity index (χ2v) is 8.14. The third-order valence-corrected chi connectivity index (χ3v) is 5.74. The summed E-state index contributed by atoms with van der Waals surface area (Å²) in [5.41, 5.74) is 1.94. The Morgan fingerprint density at radius 2 is 1.59 bits per heavy atom. The van der Waals surface area contributed by atoms with Crippen LogP contribution in [0.1, 0.15) is 49.7 Å². The third-order valence-electron chi connectivity index (χ3n) is 4.73. The molecule has 0 aromatic heterocycles. The minimum absolute atomic E-state index is 0.0278. The predicted octanol–water partition coefficient (Wildman–Crippen LogP) is 4.35. The van der Waals surface area contributed by atoms with Crippen LogP contribution in [0.2, 0.25) is 0 Å². The standard InChI is InChI=1S/C14H20O2.C7H8O3S/c1-2-16-14-9-5-12(6-10-14)11-3-7-13(15)8-4-11;1-6-4-2-3-5-7(6)11(8,9)10/h5-6,9-11,13,15H,2-4,7-8H2,1H3;2-5H,1H3,(H,8,9,10). The van der Waals surface area contributed by atoms with E-state index >= 15 is 0 Å². The number of benzene rings is 2. The smallest absolute Gasteiger partial charge is 0.294 e. The highest BCUT2D eigenvalue weighted by Crippen LogP contribution is 2.33. The summed E-state index contributed by atoms with van der Waals surface area (Å²) < 4.78 is 35.3. The Balaban J connectivity index is 0.000000208. The monoisotopic (exact) mass is 392 g/mol. The van der Waals surface area contributed by atoms with Gasteiger partial charge in [0.25, 0.3) is 10.1 Å². The first-order chi connectivity index (χ1) is 12.8. The lowest BCUT2D eigenvalue weighted by atomic mass is 9.83. The second-order valence-electron chi connectivity index (χ2n) is 6.75. The van der Waals surface area contributed by atoms with Gasteiger partial charge >= 0.3 is 0 Å². The van der Waals surface area contributed by atoms with Crippen LogP contribution in [0.15, 0.2) is 53.4 Å². The number of aryl methyl sites for hydroxylation is 1. The van der Waals surface area contributed by atoms with Gasteiger partial charge in [-0.15, -0.1) is 0 Å². The van der Waals surface area contributed by atoms with Gasteiger partial charge in [-0.2, -0.15) is 8.42 Å². The van der Waals surface area contributed by atoms with E-state index in [-0.39, 0.29) is 11.0 Å². The number of hydrogen-bond acceptors (Lipinski definition) is 4. The molecular formula is C21H28O5S. The van der Waals surface area contributed by atoms with Gasteiger partial charge in [0, 0.05) is 0 Å². The van der Waals surface area contributed by atoms with Gasteiger partial charge in [-0.25, -0.2) is 0 Å². The maximum absolute atomic E-state index is 10.6. The largest absolute Gasteiger partial charge is 0.494 e. The lowest BCUT2D eigenvalue weighted by Gasteiger charge is -2.25. The fraction of sp³-hybridized carbons (Fsp3) is 0.429. The minimum atomic E-state index is -4.03. The molecule has 148 valence electrons. The van der Waals surface area contributed by atoms with Crippen molar-refractivity contribution < 1.29 is 22.8 Å². The van der Waals surface area contributed by atoms with Crippen molar-refractivity contribution in [2.75, 3.05) is 6.61 Å². The van der Waals surface area contributed by atoms with Crippen LogP contribution in [0.5, 0.6) is 5.75 Å². The molecule has 1 saturated carbocycles. The van der Waals surface area contributed by atoms with Gasteiger partial charge in [0.2, 0.25) is 0 Å². The van der Waals surface area contributed by atoms with E-state index in [0.717, 1.165) is 38.0 Å². The van der Waals surface area contributed by atoms with E-state index in [2.05, 4.69) is 12.1 Å². The second kappa shape index (κ2) is 9.88. The molecule has 0 aliphatic heterocycles. The van der Waals surface area contributed by atoms with Crippen molar-refractivity contribution >= 4 is 10.1 Å². The summed E-state index contributed by atoms with van der Waals surface area (Å²) in [6.07, 6.45) is 4.03. The molecule has 2 aromatic carbocycles. The predicted molar refractivity (Wildman–Crippen MR) is 106 cm³/mol. The van der Waals surface area contributed by atoms with E-state index in [4.69, 9.17) is 9.29 Å². The zero-order chi connectivity index (χ0) is 19.9. The molecule has 2 N–H and O–H groups in total. The average Bonchev–Trinajstić information content (AvgIpc) is 2.63. The van der Waals surface area contributed by atoms with Crippen LogP contribution < -0.4 is 4.74 Å². The molecule has 0 saturated heterocycles. The van der Waals surface area contributed by atoms with Crippen molar-refractivity contribution in [3.05, 3.63) is 59.7 Å². The number of aliphatic hydroxyl groups is 1. The van der Waals surface area contributed by atoms with Gasteiger partial charge in [-0.3, -0.25) is 4.55 Å². The SMILES string of the molecule is CCOc1ccc(C2CCC(O)CC2)cc1.Cc1ccccc1S(=O)(=O)O. The van der Waals surface area contributed by atoms with Gasteiger partial charge in [-0.1, -0.05) is 30.3 Å². The summed E-state index contributed by atoms with van der Waals surface area (Å²) in [6.45, 7) is 4.34.